The molecule has 0 unspecified atom stereocenters. The maximum atomic E-state index is 12.8. The summed E-state index contributed by atoms with van der Waals surface area (Å²) in [6, 6.07) is 1.97. The fraction of sp³-hybridized carbons (Fsp3) is 0.643. The second-order valence-electron chi connectivity index (χ2n) is 4.75. The number of ketones is 1. The van der Waals surface area contributed by atoms with E-state index >= 15 is 0 Å². The second-order valence-corrected chi connectivity index (χ2v) is 5.53. The van der Waals surface area contributed by atoms with Gasteiger partial charge in [-0.2, -0.15) is 11.3 Å². The molecule has 1 saturated carbocycles. The number of likely N-dealkylation sites (N-methyl/N-ethyl adjacent to an activating group) is 1. The number of carbonyl (C=O) groups is 1. The van der Waals surface area contributed by atoms with Crippen molar-refractivity contribution in [3.63, 3.8) is 0 Å². The molecule has 2 rings (SSSR count). The van der Waals surface area contributed by atoms with E-state index < -0.39 is 0 Å². The Bertz CT molecular complexity index is 362. The molecule has 1 fully saturated rings. The number of nitrogens with zero attached hydrogens (tertiary/aromatic N) is 1. The zero-order valence-electron chi connectivity index (χ0n) is 10.7. The molecule has 0 spiro atoms. The minimum absolute atomic E-state index is 0.204. The van der Waals surface area contributed by atoms with Crippen molar-refractivity contribution >= 4 is 17.1 Å². The maximum Gasteiger partial charge on any atom is 0.183 e. The molecular formula is C14H21NOS. The van der Waals surface area contributed by atoms with Gasteiger partial charge in [-0.15, -0.1) is 0 Å². The number of Topliss-reactive ketones (excluding diaryl/α,β-unsaturated/α-hetero) is 1. The lowest BCUT2D eigenvalue weighted by Gasteiger charge is -2.38. The Kier molecular flexibility index (Phi) is 4.00. The molecule has 0 bridgehead atoms. The highest BCUT2D eigenvalue weighted by Crippen LogP contribution is 2.38. The van der Waals surface area contributed by atoms with Crippen molar-refractivity contribution in [3.8, 4) is 0 Å². The highest BCUT2D eigenvalue weighted by Gasteiger charge is 2.45. The third-order valence-electron chi connectivity index (χ3n) is 4.01. The second kappa shape index (κ2) is 5.32. The molecule has 2 nitrogen and oxygen atoms in total. The normalized spacial score (nSPS) is 18.8. The SMILES string of the molecule is CCN(CC)C1(C(=O)c2ccsc2)CCCC1. The zero-order chi connectivity index (χ0) is 12.3. The van der Waals surface area contributed by atoms with Crippen LogP contribution in [0.2, 0.25) is 0 Å². The van der Waals surface area contributed by atoms with Gasteiger partial charge in [-0.25, -0.2) is 0 Å². The largest absolute Gasteiger partial charge is 0.292 e. The average molecular weight is 251 g/mol. The van der Waals surface area contributed by atoms with Gasteiger partial charge in [-0.1, -0.05) is 26.7 Å². The van der Waals surface area contributed by atoms with Crippen molar-refractivity contribution in [2.75, 3.05) is 13.1 Å². The Morgan fingerprint density at radius 1 is 1.35 bits per heavy atom. The molecule has 0 N–H and O–H groups in total. The molecule has 1 aromatic heterocycles. The zero-order valence-corrected chi connectivity index (χ0v) is 11.6. The van der Waals surface area contributed by atoms with E-state index in [1.54, 1.807) is 11.3 Å². The molecule has 3 heteroatoms. The molecule has 1 aliphatic carbocycles. The summed E-state index contributed by atoms with van der Waals surface area (Å²) in [4.78, 5) is 15.1. The molecule has 0 amide bonds. The van der Waals surface area contributed by atoms with Gasteiger partial charge >= 0.3 is 0 Å². The van der Waals surface area contributed by atoms with Gasteiger partial charge in [-0.05, 0) is 37.4 Å². The first-order chi connectivity index (χ1) is 8.24. The molecule has 94 valence electrons. The topological polar surface area (TPSA) is 20.3 Å². The molecule has 1 aliphatic rings. The van der Waals surface area contributed by atoms with E-state index in [2.05, 4.69) is 18.7 Å². The van der Waals surface area contributed by atoms with Crippen LogP contribution >= 0.6 is 11.3 Å². The van der Waals surface area contributed by atoms with E-state index in [9.17, 15) is 4.79 Å². The molecule has 0 aliphatic heterocycles. The molecule has 17 heavy (non-hydrogen) atoms. The molecular weight excluding hydrogens is 230 g/mol. The summed E-state index contributed by atoms with van der Waals surface area (Å²) < 4.78 is 0. The van der Waals surface area contributed by atoms with Crippen LogP contribution in [0.15, 0.2) is 16.8 Å². The van der Waals surface area contributed by atoms with Gasteiger partial charge < -0.3 is 0 Å². The van der Waals surface area contributed by atoms with Crippen molar-refractivity contribution in [3.05, 3.63) is 22.4 Å². The highest BCUT2D eigenvalue weighted by atomic mass is 32.1. The van der Waals surface area contributed by atoms with Gasteiger partial charge in [-0.3, -0.25) is 9.69 Å². The summed E-state index contributed by atoms with van der Waals surface area (Å²) in [5.74, 6) is 0.347. The van der Waals surface area contributed by atoms with Gasteiger partial charge in [0, 0.05) is 10.9 Å². The van der Waals surface area contributed by atoms with E-state index in [0.29, 0.717) is 5.78 Å². The third-order valence-corrected chi connectivity index (χ3v) is 4.69. The van der Waals surface area contributed by atoms with Crippen molar-refractivity contribution in [2.45, 2.75) is 45.1 Å². The van der Waals surface area contributed by atoms with Crippen LogP contribution in [0.1, 0.15) is 49.9 Å². The van der Waals surface area contributed by atoms with E-state index in [1.807, 2.05) is 16.8 Å². The lowest BCUT2D eigenvalue weighted by Crippen LogP contribution is -2.52. The van der Waals surface area contributed by atoms with Crippen LogP contribution in [0.5, 0.6) is 0 Å². The standard InChI is InChI=1S/C14H21NOS/c1-3-15(4-2)14(8-5-6-9-14)13(16)12-7-10-17-11-12/h7,10-11H,3-6,8-9H2,1-2H3. The van der Waals surface area contributed by atoms with Crippen molar-refractivity contribution in [1.82, 2.24) is 4.90 Å². The minimum Gasteiger partial charge on any atom is -0.292 e. The monoisotopic (exact) mass is 251 g/mol. The van der Waals surface area contributed by atoms with Crippen molar-refractivity contribution in [2.24, 2.45) is 0 Å². The minimum atomic E-state index is -0.204. The number of carbonyl (C=O) groups excluding carboxylic acids is 1. The summed E-state index contributed by atoms with van der Waals surface area (Å²) in [7, 11) is 0. The van der Waals surface area contributed by atoms with Crippen molar-refractivity contribution < 1.29 is 4.79 Å². The summed E-state index contributed by atoms with van der Waals surface area (Å²) in [6.45, 7) is 6.24. The van der Waals surface area contributed by atoms with Crippen LogP contribution < -0.4 is 0 Å². The Morgan fingerprint density at radius 3 is 2.47 bits per heavy atom. The first kappa shape index (κ1) is 12.8. The summed E-state index contributed by atoms with van der Waals surface area (Å²) in [6.07, 6.45) is 4.44. The number of thiophene rings is 1. The number of hydrogen-bond acceptors (Lipinski definition) is 3. The molecule has 1 aromatic rings. The Labute approximate surface area is 108 Å². The average Bonchev–Trinajstić information content (AvgIpc) is 3.02. The maximum absolute atomic E-state index is 12.8. The van der Waals surface area contributed by atoms with E-state index in [4.69, 9.17) is 0 Å². The lowest BCUT2D eigenvalue weighted by molar-refractivity contribution is 0.0585. The van der Waals surface area contributed by atoms with E-state index in [1.165, 1.54) is 12.8 Å². The molecule has 0 radical (unpaired) electrons. The fourth-order valence-corrected chi connectivity index (χ4v) is 3.77. The number of hydrogen-bond donors (Lipinski definition) is 0. The molecule has 0 atom stereocenters. The van der Waals surface area contributed by atoms with Gasteiger partial charge in [0.15, 0.2) is 5.78 Å². The van der Waals surface area contributed by atoms with E-state index in [-0.39, 0.29) is 5.54 Å². The first-order valence-corrected chi connectivity index (χ1v) is 7.51. The Morgan fingerprint density at radius 2 is 2.00 bits per heavy atom. The first-order valence-electron chi connectivity index (χ1n) is 6.56. The smallest absolute Gasteiger partial charge is 0.183 e. The van der Waals surface area contributed by atoms with Gasteiger partial charge in [0.1, 0.15) is 0 Å². The predicted octanol–water partition coefficient (Wildman–Crippen LogP) is 3.59. The highest BCUT2D eigenvalue weighted by molar-refractivity contribution is 7.08. The summed E-state index contributed by atoms with van der Waals surface area (Å²) in [5.41, 5.74) is 0.703. The Hall–Kier alpha value is -0.670. The van der Waals surface area contributed by atoms with Gasteiger partial charge in [0.25, 0.3) is 0 Å². The van der Waals surface area contributed by atoms with E-state index in [0.717, 1.165) is 31.5 Å². The number of rotatable bonds is 5. The van der Waals surface area contributed by atoms with Crippen LogP contribution in [0, 0.1) is 0 Å². The van der Waals surface area contributed by atoms with Crippen LogP contribution in [0.3, 0.4) is 0 Å². The van der Waals surface area contributed by atoms with Crippen LogP contribution in [0.25, 0.3) is 0 Å². The molecule has 1 heterocycles. The third kappa shape index (κ3) is 2.18. The van der Waals surface area contributed by atoms with Gasteiger partial charge in [0.05, 0.1) is 5.54 Å². The summed E-state index contributed by atoms with van der Waals surface area (Å²) in [5, 5.41) is 3.99. The fourth-order valence-electron chi connectivity index (χ4n) is 3.14. The quantitative estimate of drug-likeness (QED) is 0.745. The summed E-state index contributed by atoms with van der Waals surface area (Å²) >= 11 is 1.61. The van der Waals surface area contributed by atoms with Crippen LogP contribution in [0.4, 0.5) is 0 Å². The Balaban J connectivity index is 2.31. The van der Waals surface area contributed by atoms with Crippen LogP contribution in [-0.4, -0.2) is 29.3 Å². The van der Waals surface area contributed by atoms with Gasteiger partial charge in [0.2, 0.25) is 0 Å². The molecule has 0 aromatic carbocycles. The van der Waals surface area contributed by atoms with Crippen LogP contribution in [-0.2, 0) is 0 Å². The molecule has 0 saturated heterocycles. The predicted molar refractivity (Wildman–Crippen MR) is 72.8 cm³/mol. The lowest BCUT2D eigenvalue weighted by atomic mass is 9.86. The van der Waals surface area contributed by atoms with Crippen molar-refractivity contribution in [1.29, 1.82) is 0 Å².